The highest BCUT2D eigenvalue weighted by atomic mass is 35.5. The van der Waals surface area contributed by atoms with E-state index in [2.05, 4.69) is 6.92 Å². The monoisotopic (exact) mass is 219 g/mol. The summed E-state index contributed by atoms with van der Waals surface area (Å²) in [4.78, 5) is 0. The summed E-state index contributed by atoms with van der Waals surface area (Å²) in [6.45, 7) is 2.07. The van der Waals surface area contributed by atoms with Gasteiger partial charge in [-0.1, -0.05) is 6.92 Å². The van der Waals surface area contributed by atoms with E-state index in [1.807, 2.05) is 0 Å². The van der Waals surface area contributed by atoms with Crippen molar-refractivity contribution >= 4 is 35.6 Å². The Bertz CT molecular complexity index is 81.8. The minimum absolute atomic E-state index is 0. The first kappa shape index (κ1) is 14.4. The third kappa shape index (κ3) is 6.03. The number of hydrogen-bond donors (Lipinski definition) is 1. The molecule has 70 valence electrons. The molecule has 0 fully saturated rings. The predicted octanol–water partition coefficient (Wildman–Crippen LogP) is 2.77. The Morgan fingerprint density at radius 2 is 1.55 bits per heavy atom. The molecule has 0 saturated carbocycles. The van der Waals surface area contributed by atoms with Crippen molar-refractivity contribution in [1.82, 2.24) is 0 Å². The van der Waals surface area contributed by atoms with Crippen LogP contribution in [0.15, 0.2) is 0 Å². The van der Waals surface area contributed by atoms with Gasteiger partial charge in [-0.3, -0.25) is 0 Å². The van der Waals surface area contributed by atoms with Gasteiger partial charge in [-0.15, -0.1) is 35.6 Å². The second-order valence-electron chi connectivity index (χ2n) is 2.59. The average molecular weight is 221 g/mol. The first-order valence-corrected chi connectivity index (χ1v) is 4.66. The van der Waals surface area contributed by atoms with E-state index in [1.54, 1.807) is 0 Å². The van der Waals surface area contributed by atoms with Crippen LogP contribution in [0.5, 0.6) is 0 Å². The molecule has 0 aromatic carbocycles. The molecule has 0 heterocycles. The first-order chi connectivity index (χ1) is 4.68. The molecule has 0 aliphatic rings. The Balaban J connectivity index is 0. The lowest BCUT2D eigenvalue weighted by Crippen LogP contribution is -2.39. The van der Waals surface area contributed by atoms with Gasteiger partial charge in [-0.25, -0.2) is 0 Å². The van der Waals surface area contributed by atoms with Crippen LogP contribution in [0.2, 0.25) is 0 Å². The maximum atomic E-state index is 5.95. The van der Waals surface area contributed by atoms with Gasteiger partial charge in [0.2, 0.25) is 0 Å². The van der Waals surface area contributed by atoms with E-state index in [9.17, 15) is 0 Å². The second-order valence-corrected chi connectivity index (χ2v) is 3.35. The van der Waals surface area contributed by atoms with E-state index in [0.29, 0.717) is 11.8 Å². The molecule has 0 spiro atoms. The van der Waals surface area contributed by atoms with E-state index in [-0.39, 0.29) is 17.9 Å². The van der Waals surface area contributed by atoms with Crippen molar-refractivity contribution in [1.29, 1.82) is 0 Å². The molecule has 0 radical (unpaired) electrons. The van der Waals surface area contributed by atoms with Gasteiger partial charge in [-0.2, -0.15) is 0 Å². The summed E-state index contributed by atoms with van der Waals surface area (Å²) in [7, 11) is 0. The van der Waals surface area contributed by atoms with E-state index >= 15 is 0 Å². The molecule has 2 N–H and O–H groups in total. The molecular weight excluding hydrogens is 204 g/mol. The van der Waals surface area contributed by atoms with Crippen molar-refractivity contribution < 1.29 is 0 Å². The van der Waals surface area contributed by atoms with Gasteiger partial charge >= 0.3 is 0 Å². The highest BCUT2D eigenvalue weighted by molar-refractivity contribution is 6.18. The van der Waals surface area contributed by atoms with Crippen LogP contribution in [0.25, 0.3) is 0 Å². The van der Waals surface area contributed by atoms with Crippen molar-refractivity contribution in [3.05, 3.63) is 0 Å². The summed E-state index contributed by atoms with van der Waals surface area (Å²) in [5.41, 5.74) is 5.83. The van der Waals surface area contributed by atoms with E-state index in [4.69, 9.17) is 28.9 Å². The number of halogens is 3. The minimum atomic E-state index is -0.122. The summed E-state index contributed by atoms with van der Waals surface area (Å²) >= 11 is 11.2. The Labute approximate surface area is 85.0 Å². The smallest absolute Gasteiger partial charge is 0.0240 e. The first-order valence-electron chi connectivity index (χ1n) is 3.59. The lowest BCUT2D eigenvalue weighted by Gasteiger charge is -2.25. The maximum absolute atomic E-state index is 5.95. The fourth-order valence-corrected chi connectivity index (χ4v) is 1.61. The predicted molar refractivity (Wildman–Crippen MR) is 55.1 cm³/mol. The third-order valence-corrected chi connectivity index (χ3v) is 2.27. The van der Waals surface area contributed by atoms with Crippen LogP contribution < -0.4 is 5.73 Å². The van der Waals surface area contributed by atoms with Crippen LogP contribution in [0.3, 0.4) is 0 Å². The van der Waals surface area contributed by atoms with Crippen LogP contribution in [-0.4, -0.2) is 17.3 Å². The number of rotatable bonds is 5. The fraction of sp³-hybridized carbons (Fsp3) is 1.00. The van der Waals surface area contributed by atoms with Gasteiger partial charge in [0.15, 0.2) is 0 Å². The van der Waals surface area contributed by atoms with Gasteiger partial charge in [0.1, 0.15) is 0 Å². The molecular formula is C7H16Cl3N. The summed E-state index contributed by atoms with van der Waals surface area (Å²) in [6, 6.07) is 0. The van der Waals surface area contributed by atoms with Crippen LogP contribution in [0.1, 0.15) is 26.2 Å². The lowest BCUT2D eigenvalue weighted by molar-refractivity contribution is 0.387. The highest BCUT2D eigenvalue weighted by Gasteiger charge is 2.20. The Morgan fingerprint density at radius 3 is 1.73 bits per heavy atom. The topological polar surface area (TPSA) is 26.0 Å². The van der Waals surface area contributed by atoms with E-state index in [1.165, 1.54) is 0 Å². The fourth-order valence-electron chi connectivity index (χ4n) is 0.855. The van der Waals surface area contributed by atoms with Gasteiger partial charge in [0.25, 0.3) is 0 Å². The number of alkyl halides is 2. The standard InChI is InChI=1S/C7H15Cl2N.ClH/c1-2-7(10,3-5-8)4-6-9;/h2-6,10H2,1H3;1H. The Hall–Kier alpha value is 0.830. The van der Waals surface area contributed by atoms with Crippen molar-refractivity contribution in [3.8, 4) is 0 Å². The maximum Gasteiger partial charge on any atom is 0.0240 e. The van der Waals surface area contributed by atoms with E-state index < -0.39 is 0 Å². The molecule has 0 aliphatic heterocycles. The average Bonchev–Trinajstić information content (AvgIpc) is 1.89. The molecule has 0 atom stereocenters. The van der Waals surface area contributed by atoms with Gasteiger partial charge in [-0.05, 0) is 19.3 Å². The second kappa shape index (κ2) is 7.48. The molecule has 0 rings (SSSR count). The Kier molecular flexibility index (Phi) is 9.76. The molecule has 0 aromatic rings. The molecule has 4 heteroatoms. The lowest BCUT2D eigenvalue weighted by atomic mass is 9.91. The van der Waals surface area contributed by atoms with Gasteiger partial charge in [0.05, 0.1) is 0 Å². The molecule has 0 unspecified atom stereocenters. The SMILES string of the molecule is CCC(N)(CCCl)CCCl.Cl. The van der Waals surface area contributed by atoms with Crippen LogP contribution in [-0.2, 0) is 0 Å². The van der Waals surface area contributed by atoms with Crippen LogP contribution in [0, 0.1) is 0 Å². The molecule has 1 nitrogen and oxygen atoms in total. The molecule has 0 bridgehead atoms. The molecule has 11 heavy (non-hydrogen) atoms. The van der Waals surface area contributed by atoms with Crippen molar-refractivity contribution in [2.45, 2.75) is 31.7 Å². The third-order valence-electron chi connectivity index (χ3n) is 1.89. The summed E-state index contributed by atoms with van der Waals surface area (Å²) in [5, 5.41) is 0. The molecule has 0 aliphatic carbocycles. The highest BCUT2D eigenvalue weighted by Crippen LogP contribution is 2.17. The van der Waals surface area contributed by atoms with E-state index in [0.717, 1.165) is 19.3 Å². The largest absolute Gasteiger partial charge is 0.325 e. The van der Waals surface area contributed by atoms with Crippen LogP contribution in [0.4, 0.5) is 0 Å². The zero-order chi connectivity index (χ0) is 8.04. The zero-order valence-electron chi connectivity index (χ0n) is 6.78. The van der Waals surface area contributed by atoms with Crippen LogP contribution >= 0.6 is 35.6 Å². The molecule has 0 aromatic heterocycles. The van der Waals surface area contributed by atoms with Gasteiger partial charge in [0, 0.05) is 17.3 Å². The Morgan fingerprint density at radius 1 is 1.18 bits per heavy atom. The summed E-state index contributed by atoms with van der Waals surface area (Å²) in [5.74, 6) is 1.25. The van der Waals surface area contributed by atoms with Crippen molar-refractivity contribution in [3.63, 3.8) is 0 Å². The van der Waals surface area contributed by atoms with Crippen molar-refractivity contribution in [2.24, 2.45) is 5.73 Å². The molecule has 0 amide bonds. The number of hydrogen-bond acceptors (Lipinski definition) is 1. The zero-order valence-corrected chi connectivity index (χ0v) is 9.11. The quantitative estimate of drug-likeness (QED) is 0.709. The van der Waals surface area contributed by atoms with Gasteiger partial charge < -0.3 is 5.73 Å². The summed E-state index contributed by atoms with van der Waals surface area (Å²) < 4.78 is 0. The molecule has 0 saturated heterocycles. The normalized spacial score (nSPS) is 10.9. The summed E-state index contributed by atoms with van der Waals surface area (Å²) in [6.07, 6.45) is 2.67. The number of nitrogens with two attached hydrogens (primary N) is 1. The van der Waals surface area contributed by atoms with Crippen molar-refractivity contribution in [2.75, 3.05) is 11.8 Å². The minimum Gasteiger partial charge on any atom is -0.325 e.